The van der Waals surface area contributed by atoms with Crippen molar-refractivity contribution < 1.29 is 9.90 Å². The minimum atomic E-state index is -0.873. The Labute approximate surface area is 136 Å². The van der Waals surface area contributed by atoms with Crippen molar-refractivity contribution in [2.75, 3.05) is 5.75 Å². The summed E-state index contributed by atoms with van der Waals surface area (Å²) in [6.07, 6.45) is 3.45. The van der Waals surface area contributed by atoms with Crippen LogP contribution < -0.4 is 0 Å². The highest BCUT2D eigenvalue weighted by atomic mass is 79.9. The maximum absolute atomic E-state index is 10.8. The number of carbonyl (C=O) groups is 1. The van der Waals surface area contributed by atoms with Gasteiger partial charge in [-0.3, -0.25) is 9.36 Å². The van der Waals surface area contributed by atoms with Crippen LogP contribution in [0.15, 0.2) is 33.5 Å². The van der Waals surface area contributed by atoms with Crippen molar-refractivity contribution in [2.45, 2.75) is 11.7 Å². The van der Waals surface area contributed by atoms with Crippen LogP contribution in [0.25, 0.3) is 11.2 Å². The van der Waals surface area contributed by atoms with E-state index in [1.807, 2.05) is 16.0 Å². The molecule has 0 aliphatic rings. The summed E-state index contributed by atoms with van der Waals surface area (Å²) in [6.45, 7) is 0.532. The zero-order valence-corrected chi connectivity index (χ0v) is 13.8. The number of carboxylic acid groups (broad SMARTS) is 1. The zero-order valence-electron chi connectivity index (χ0n) is 10.6. The summed E-state index contributed by atoms with van der Waals surface area (Å²) < 4.78 is 2.73. The summed E-state index contributed by atoms with van der Waals surface area (Å²) >= 11 is 6.09. The standard InChI is InChI=1S/C12H9BrN4O2S2/c13-7-3-8-11(15-4-7)17(5-9-14-1-2-20-9)12(16-8)21-6-10(18)19/h1-4H,5-6H2,(H,18,19). The SMILES string of the molecule is O=C(O)CSc1nc2cc(Br)cnc2n1Cc1nccs1. The molecule has 3 heterocycles. The third-order valence-corrected chi connectivity index (χ3v) is 4.78. The quantitative estimate of drug-likeness (QED) is 0.681. The Bertz CT molecular complexity index is 788. The van der Waals surface area contributed by atoms with E-state index in [0.717, 1.165) is 20.6 Å². The van der Waals surface area contributed by atoms with Gasteiger partial charge in [0.1, 0.15) is 10.5 Å². The Morgan fingerprint density at radius 3 is 3.05 bits per heavy atom. The Morgan fingerprint density at radius 2 is 2.33 bits per heavy atom. The van der Waals surface area contributed by atoms with Gasteiger partial charge in [-0.1, -0.05) is 11.8 Å². The molecule has 21 heavy (non-hydrogen) atoms. The second-order valence-electron chi connectivity index (χ2n) is 4.09. The van der Waals surface area contributed by atoms with E-state index in [1.165, 1.54) is 11.8 Å². The summed E-state index contributed by atoms with van der Waals surface area (Å²) in [4.78, 5) is 23.9. The topological polar surface area (TPSA) is 80.9 Å². The fourth-order valence-corrected chi connectivity index (χ4v) is 3.46. The maximum atomic E-state index is 10.8. The predicted octanol–water partition coefficient (Wildman–Crippen LogP) is 2.88. The number of aromatic nitrogens is 4. The average Bonchev–Trinajstić information content (AvgIpc) is 3.05. The van der Waals surface area contributed by atoms with E-state index < -0.39 is 5.97 Å². The summed E-state index contributed by atoms with van der Waals surface area (Å²) in [5, 5.41) is 12.3. The lowest BCUT2D eigenvalue weighted by atomic mass is 10.4. The van der Waals surface area contributed by atoms with Crippen molar-refractivity contribution in [3.63, 3.8) is 0 Å². The molecule has 0 amide bonds. The molecule has 3 rings (SSSR count). The number of nitrogens with zero attached hydrogens (tertiary/aromatic N) is 4. The number of thioether (sulfide) groups is 1. The molecule has 0 fully saturated rings. The average molecular weight is 385 g/mol. The van der Waals surface area contributed by atoms with E-state index in [2.05, 4.69) is 30.9 Å². The Balaban J connectivity index is 2.03. The third-order valence-electron chi connectivity index (χ3n) is 2.62. The van der Waals surface area contributed by atoms with Crippen molar-refractivity contribution in [1.82, 2.24) is 19.5 Å². The minimum absolute atomic E-state index is 0.0393. The predicted molar refractivity (Wildman–Crippen MR) is 84.8 cm³/mol. The van der Waals surface area contributed by atoms with Gasteiger partial charge in [0.25, 0.3) is 0 Å². The van der Waals surface area contributed by atoms with Crippen LogP contribution in [0.4, 0.5) is 0 Å². The number of aliphatic carboxylic acids is 1. The van der Waals surface area contributed by atoms with Gasteiger partial charge in [0, 0.05) is 22.2 Å². The van der Waals surface area contributed by atoms with Crippen LogP contribution in [0.1, 0.15) is 5.01 Å². The smallest absolute Gasteiger partial charge is 0.313 e. The van der Waals surface area contributed by atoms with Gasteiger partial charge >= 0.3 is 5.97 Å². The molecule has 0 radical (unpaired) electrons. The number of pyridine rings is 1. The molecule has 0 saturated heterocycles. The van der Waals surface area contributed by atoms with Crippen LogP contribution in [-0.4, -0.2) is 36.3 Å². The summed E-state index contributed by atoms with van der Waals surface area (Å²) in [5.41, 5.74) is 1.45. The lowest BCUT2D eigenvalue weighted by Crippen LogP contribution is -2.04. The molecule has 6 nitrogen and oxygen atoms in total. The number of hydrogen-bond donors (Lipinski definition) is 1. The summed E-state index contributed by atoms with van der Waals surface area (Å²) in [6, 6.07) is 1.87. The highest BCUT2D eigenvalue weighted by Crippen LogP contribution is 2.26. The third kappa shape index (κ3) is 3.25. The molecule has 0 atom stereocenters. The molecular weight excluding hydrogens is 376 g/mol. The normalized spacial score (nSPS) is 11.1. The first-order valence-corrected chi connectivity index (χ1v) is 8.54. The van der Waals surface area contributed by atoms with E-state index in [1.54, 1.807) is 23.7 Å². The van der Waals surface area contributed by atoms with Crippen LogP contribution >= 0.6 is 39.0 Å². The van der Waals surface area contributed by atoms with Crippen molar-refractivity contribution >= 4 is 56.2 Å². The number of halogens is 1. The molecule has 3 aromatic heterocycles. The second-order valence-corrected chi connectivity index (χ2v) is 6.92. The van der Waals surface area contributed by atoms with E-state index in [9.17, 15) is 4.79 Å². The molecule has 0 aromatic carbocycles. The van der Waals surface area contributed by atoms with Gasteiger partial charge in [-0.2, -0.15) is 0 Å². The number of imidazole rings is 1. The highest BCUT2D eigenvalue weighted by Gasteiger charge is 2.15. The van der Waals surface area contributed by atoms with Gasteiger partial charge in [0.2, 0.25) is 0 Å². The van der Waals surface area contributed by atoms with Crippen LogP contribution in [0.2, 0.25) is 0 Å². The molecule has 9 heteroatoms. The Kier molecular flexibility index (Phi) is 4.22. The molecule has 108 valence electrons. The first-order valence-electron chi connectivity index (χ1n) is 5.88. The first kappa shape index (κ1) is 14.5. The molecule has 0 saturated carbocycles. The van der Waals surface area contributed by atoms with Gasteiger partial charge in [-0.05, 0) is 22.0 Å². The van der Waals surface area contributed by atoms with E-state index in [4.69, 9.17) is 5.11 Å². The van der Waals surface area contributed by atoms with Gasteiger partial charge in [0.05, 0.1) is 12.3 Å². The maximum Gasteiger partial charge on any atom is 0.313 e. The molecule has 0 aliphatic carbocycles. The van der Waals surface area contributed by atoms with E-state index >= 15 is 0 Å². The van der Waals surface area contributed by atoms with Crippen molar-refractivity contribution in [2.24, 2.45) is 0 Å². The lowest BCUT2D eigenvalue weighted by Gasteiger charge is -2.05. The first-order chi connectivity index (χ1) is 10.1. The zero-order chi connectivity index (χ0) is 14.8. The summed E-state index contributed by atoms with van der Waals surface area (Å²) in [5.74, 6) is -0.912. The Morgan fingerprint density at radius 1 is 1.48 bits per heavy atom. The van der Waals surface area contributed by atoms with Crippen LogP contribution in [-0.2, 0) is 11.3 Å². The highest BCUT2D eigenvalue weighted by molar-refractivity contribution is 9.10. The van der Waals surface area contributed by atoms with Gasteiger partial charge < -0.3 is 5.11 Å². The van der Waals surface area contributed by atoms with Crippen molar-refractivity contribution in [1.29, 1.82) is 0 Å². The van der Waals surface area contributed by atoms with Crippen LogP contribution in [0.5, 0.6) is 0 Å². The summed E-state index contributed by atoms with van der Waals surface area (Å²) in [7, 11) is 0. The number of fused-ring (bicyclic) bond motifs is 1. The molecule has 0 unspecified atom stereocenters. The fourth-order valence-electron chi connectivity index (χ4n) is 1.81. The van der Waals surface area contributed by atoms with Crippen LogP contribution in [0, 0.1) is 0 Å². The molecule has 0 aliphatic heterocycles. The molecular formula is C12H9BrN4O2S2. The fraction of sp³-hybridized carbons (Fsp3) is 0.167. The lowest BCUT2D eigenvalue weighted by molar-refractivity contribution is -0.133. The largest absolute Gasteiger partial charge is 0.481 e. The van der Waals surface area contributed by atoms with Gasteiger partial charge in [0.15, 0.2) is 10.8 Å². The molecule has 0 spiro atoms. The number of carboxylic acids is 1. The van der Waals surface area contributed by atoms with Gasteiger partial charge in [-0.25, -0.2) is 15.0 Å². The monoisotopic (exact) mass is 384 g/mol. The molecule has 0 bridgehead atoms. The Hall–Kier alpha value is -1.45. The van der Waals surface area contributed by atoms with Gasteiger partial charge in [-0.15, -0.1) is 11.3 Å². The minimum Gasteiger partial charge on any atom is -0.481 e. The molecule has 3 aromatic rings. The second kappa shape index (κ2) is 6.12. The number of thiazole rings is 1. The van der Waals surface area contributed by atoms with Crippen LogP contribution in [0.3, 0.4) is 0 Å². The van der Waals surface area contributed by atoms with Crippen molar-refractivity contribution in [3.05, 3.63) is 33.3 Å². The molecule has 1 N–H and O–H groups in total. The number of hydrogen-bond acceptors (Lipinski definition) is 6. The van der Waals surface area contributed by atoms with E-state index in [-0.39, 0.29) is 5.75 Å². The van der Waals surface area contributed by atoms with E-state index in [0.29, 0.717) is 11.7 Å². The number of rotatable bonds is 5. The van der Waals surface area contributed by atoms with Crippen molar-refractivity contribution in [3.8, 4) is 0 Å².